The summed E-state index contributed by atoms with van der Waals surface area (Å²) in [6, 6.07) is 5.73. The van der Waals surface area contributed by atoms with Crippen molar-refractivity contribution in [1.82, 2.24) is 5.32 Å². The molecular weight excluding hydrogens is 384 g/mol. The number of methoxy groups -OCH3 is 2. The molecule has 0 fully saturated rings. The maximum absolute atomic E-state index is 13.1. The second-order valence-electron chi connectivity index (χ2n) is 8.62. The Morgan fingerprint density at radius 2 is 2.00 bits per heavy atom. The van der Waals surface area contributed by atoms with Crippen LogP contribution in [-0.4, -0.2) is 20.1 Å². The highest BCUT2D eigenvalue weighted by atomic mass is 32.1. The third-order valence-electron chi connectivity index (χ3n) is 6.80. The molecule has 29 heavy (non-hydrogen) atoms. The molecule has 1 aliphatic heterocycles. The Kier molecular flexibility index (Phi) is 5.23. The minimum Gasteiger partial charge on any atom is -0.493 e. The predicted octanol–water partition coefficient (Wildman–Crippen LogP) is 5.16. The number of ether oxygens (including phenoxy) is 2. The first kappa shape index (κ1) is 20.1. The predicted molar refractivity (Wildman–Crippen MR) is 117 cm³/mol. The van der Waals surface area contributed by atoms with E-state index in [1.165, 1.54) is 16.9 Å². The summed E-state index contributed by atoms with van der Waals surface area (Å²) < 4.78 is 11.0. The van der Waals surface area contributed by atoms with Crippen LogP contribution in [0.3, 0.4) is 0 Å². The first-order valence-corrected chi connectivity index (χ1v) is 11.1. The molecule has 2 aromatic rings. The number of carbonyl (C=O) groups is 1. The summed E-state index contributed by atoms with van der Waals surface area (Å²) in [6.07, 6.45) is 4.03. The number of fused-ring (bicyclic) bond motifs is 3. The lowest BCUT2D eigenvalue weighted by Crippen LogP contribution is -2.38. The number of hydrogen-bond acceptors (Lipinski definition) is 5. The van der Waals surface area contributed by atoms with Gasteiger partial charge < -0.3 is 20.1 Å². The second kappa shape index (κ2) is 7.56. The molecule has 1 aromatic heterocycles. The van der Waals surface area contributed by atoms with E-state index in [0.29, 0.717) is 22.8 Å². The van der Waals surface area contributed by atoms with Crippen LogP contribution in [-0.2, 0) is 12.8 Å². The summed E-state index contributed by atoms with van der Waals surface area (Å²) in [5.41, 5.74) is 3.28. The van der Waals surface area contributed by atoms with Crippen molar-refractivity contribution in [3.63, 3.8) is 0 Å². The van der Waals surface area contributed by atoms with Crippen LogP contribution in [0.15, 0.2) is 18.2 Å². The van der Waals surface area contributed by atoms with Gasteiger partial charge in [0, 0.05) is 10.4 Å². The van der Waals surface area contributed by atoms with Crippen LogP contribution in [0.1, 0.15) is 66.1 Å². The van der Waals surface area contributed by atoms with Gasteiger partial charge in [0.2, 0.25) is 0 Å². The van der Waals surface area contributed by atoms with Crippen molar-refractivity contribution in [3.05, 3.63) is 39.8 Å². The van der Waals surface area contributed by atoms with Gasteiger partial charge in [0.05, 0.1) is 19.8 Å². The number of thiophene rings is 1. The van der Waals surface area contributed by atoms with Crippen molar-refractivity contribution in [3.8, 4) is 11.5 Å². The lowest BCUT2D eigenvalue weighted by molar-refractivity contribution is 0.0934. The minimum atomic E-state index is -0.344. The molecule has 5 nitrogen and oxygen atoms in total. The van der Waals surface area contributed by atoms with E-state index >= 15 is 0 Å². The molecule has 156 valence electrons. The largest absolute Gasteiger partial charge is 0.493 e. The van der Waals surface area contributed by atoms with Crippen molar-refractivity contribution >= 4 is 22.2 Å². The summed E-state index contributed by atoms with van der Waals surface area (Å²) in [5.74, 6) is 1.96. The fraction of sp³-hybridized carbons (Fsp3) is 0.522. The number of nitrogens with one attached hydrogen (secondary N) is 2. The van der Waals surface area contributed by atoms with Crippen LogP contribution < -0.4 is 20.1 Å². The van der Waals surface area contributed by atoms with Crippen molar-refractivity contribution in [2.75, 3.05) is 19.5 Å². The maximum Gasteiger partial charge on any atom is 0.256 e. The molecule has 0 saturated heterocycles. The standard InChI is InChI=1S/C23H30N2O3S/c1-6-23(2,3)13-10-11-14-17(12-13)29-22-18(14)21(26)24-20(25-22)15-8-7-9-16(27-4)19(15)28-5/h7-9,13,20,25H,6,10-12H2,1-5H3,(H,24,26). The van der Waals surface area contributed by atoms with Gasteiger partial charge in [0.25, 0.3) is 5.91 Å². The van der Waals surface area contributed by atoms with Crippen LogP contribution in [0.2, 0.25) is 0 Å². The molecule has 2 N–H and O–H groups in total. The number of carbonyl (C=O) groups excluding carboxylic acids is 1. The third kappa shape index (κ3) is 3.37. The van der Waals surface area contributed by atoms with Gasteiger partial charge in [-0.1, -0.05) is 39.3 Å². The van der Waals surface area contributed by atoms with Crippen molar-refractivity contribution in [2.45, 2.75) is 52.6 Å². The molecule has 0 bridgehead atoms. The van der Waals surface area contributed by atoms with Crippen LogP contribution in [0.25, 0.3) is 0 Å². The average molecular weight is 415 g/mol. The van der Waals surface area contributed by atoms with Crippen LogP contribution in [0, 0.1) is 11.3 Å². The van der Waals surface area contributed by atoms with Gasteiger partial charge in [-0.05, 0) is 42.2 Å². The smallest absolute Gasteiger partial charge is 0.256 e. The number of benzene rings is 1. The van der Waals surface area contributed by atoms with E-state index in [1.54, 1.807) is 25.6 Å². The summed E-state index contributed by atoms with van der Waals surface area (Å²) >= 11 is 1.75. The Morgan fingerprint density at radius 1 is 1.21 bits per heavy atom. The van der Waals surface area contributed by atoms with Gasteiger partial charge in [0.1, 0.15) is 11.2 Å². The normalized spacial score (nSPS) is 20.9. The monoisotopic (exact) mass is 414 g/mol. The molecule has 0 radical (unpaired) electrons. The molecular formula is C23H30N2O3S. The molecule has 2 unspecified atom stereocenters. The highest BCUT2D eigenvalue weighted by molar-refractivity contribution is 7.16. The molecule has 0 spiro atoms. The van der Waals surface area contributed by atoms with Crippen LogP contribution in [0.4, 0.5) is 5.00 Å². The molecule has 0 saturated carbocycles. The van der Waals surface area contributed by atoms with Gasteiger partial charge in [0.15, 0.2) is 11.5 Å². The molecule has 1 aliphatic carbocycles. The van der Waals surface area contributed by atoms with Gasteiger partial charge in [-0.2, -0.15) is 0 Å². The zero-order valence-electron chi connectivity index (χ0n) is 17.8. The molecule has 2 aliphatic rings. The quantitative estimate of drug-likeness (QED) is 0.709. The second-order valence-corrected chi connectivity index (χ2v) is 9.73. The molecule has 2 heterocycles. The fourth-order valence-corrected chi connectivity index (χ4v) is 5.90. The van der Waals surface area contributed by atoms with Gasteiger partial charge in [-0.15, -0.1) is 11.3 Å². The van der Waals surface area contributed by atoms with E-state index in [-0.39, 0.29) is 12.1 Å². The highest BCUT2D eigenvalue weighted by Crippen LogP contribution is 2.47. The lowest BCUT2D eigenvalue weighted by Gasteiger charge is -2.36. The topological polar surface area (TPSA) is 59.6 Å². The van der Waals surface area contributed by atoms with E-state index in [1.807, 2.05) is 18.2 Å². The molecule has 1 amide bonds. The number of amides is 1. The van der Waals surface area contributed by atoms with E-state index in [4.69, 9.17) is 9.47 Å². The van der Waals surface area contributed by atoms with Gasteiger partial charge in [-0.3, -0.25) is 4.79 Å². The first-order valence-electron chi connectivity index (χ1n) is 10.3. The Labute approximate surface area is 176 Å². The van der Waals surface area contributed by atoms with Crippen molar-refractivity contribution in [2.24, 2.45) is 11.3 Å². The van der Waals surface area contributed by atoms with Crippen molar-refractivity contribution in [1.29, 1.82) is 0 Å². The number of para-hydroxylation sites is 1. The maximum atomic E-state index is 13.1. The SMILES string of the molecule is CCC(C)(C)C1CCc2c(sc3c2C(=O)NC(c2cccc(OC)c2OC)N3)C1. The number of anilines is 1. The summed E-state index contributed by atoms with van der Waals surface area (Å²) in [6.45, 7) is 7.01. The molecule has 2 atom stereocenters. The number of rotatable bonds is 5. The van der Waals surface area contributed by atoms with E-state index in [9.17, 15) is 4.79 Å². The van der Waals surface area contributed by atoms with E-state index in [2.05, 4.69) is 31.4 Å². The minimum absolute atomic E-state index is 0.000625. The first-order chi connectivity index (χ1) is 13.9. The molecule has 6 heteroatoms. The lowest BCUT2D eigenvalue weighted by atomic mass is 9.69. The van der Waals surface area contributed by atoms with Gasteiger partial charge in [-0.25, -0.2) is 0 Å². The average Bonchev–Trinajstić information content (AvgIpc) is 3.11. The highest BCUT2D eigenvalue weighted by Gasteiger charge is 2.38. The molecule has 4 rings (SSSR count). The van der Waals surface area contributed by atoms with Crippen LogP contribution >= 0.6 is 11.3 Å². The summed E-state index contributed by atoms with van der Waals surface area (Å²) in [5, 5.41) is 7.65. The Morgan fingerprint density at radius 3 is 2.69 bits per heavy atom. The summed E-state index contributed by atoms with van der Waals surface area (Å²) in [7, 11) is 3.24. The third-order valence-corrected chi connectivity index (χ3v) is 7.99. The van der Waals surface area contributed by atoms with Crippen molar-refractivity contribution < 1.29 is 14.3 Å². The van der Waals surface area contributed by atoms with E-state index < -0.39 is 0 Å². The Hall–Kier alpha value is -2.21. The zero-order chi connectivity index (χ0) is 20.8. The molecule has 1 aromatic carbocycles. The van der Waals surface area contributed by atoms with Crippen LogP contribution in [0.5, 0.6) is 11.5 Å². The Balaban J connectivity index is 1.66. The zero-order valence-corrected chi connectivity index (χ0v) is 18.7. The fourth-order valence-electron chi connectivity index (χ4n) is 4.55. The summed E-state index contributed by atoms with van der Waals surface area (Å²) in [4.78, 5) is 14.4. The van der Waals surface area contributed by atoms with E-state index in [0.717, 1.165) is 35.4 Å². The van der Waals surface area contributed by atoms with Gasteiger partial charge >= 0.3 is 0 Å². The Bertz CT molecular complexity index is 934. The number of hydrogen-bond donors (Lipinski definition) is 2.